The van der Waals surface area contributed by atoms with Gasteiger partial charge in [-0.15, -0.1) is 0 Å². The second-order valence-corrected chi connectivity index (χ2v) is 7.02. The average molecular weight is 239 g/mol. The lowest BCUT2D eigenvalue weighted by atomic mass is 10.2. The Labute approximate surface area is 91.7 Å². The largest absolute Gasteiger partial charge is 0.327 e. The summed E-state index contributed by atoms with van der Waals surface area (Å²) in [6, 6.07) is 0.147. The summed E-state index contributed by atoms with van der Waals surface area (Å²) in [5, 5.41) is 0. The summed E-state index contributed by atoms with van der Waals surface area (Å²) in [7, 11) is -2.81. The summed E-state index contributed by atoms with van der Waals surface area (Å²) in [6.07, 6.45) is 3.93. The van der Waals surface area contributed by atoms with Crippen molar-refractivity contribution in [3.63, 3.8) is 0 Å². The third-order valence-electron chi connectivity index (χ3n) is 1.77. The molecule has 0 radical (unpaired) electrons. The molecule has 0 saturated heterocycles. The van der Waals surface area contributed by atoms with E-state index in [0.717, 1.165) is 17.9 Å². The molecule has 0 aromatic heterocycles. The van der Waals surface area contributed by atoms with Gasteiger partial charge in [-0.05, 0) is 25.0 Å². The molecule has 5 heteroatoms. The van der Waals surface area contributed by atoms with E-state index in [1.807, 2.05) is 11.8 Å². The zero-order valence-electron chi connectivity index (χ0n) is 9.03. The Balaban J connectivity index is 3.40. The van der Waals surface area contributed by atoms with Gasteiger partial charge in [-0.25, -0.2) is 8.42 Å². The molecule has 86 valence electrons. The fourth-order valence-corrected chi connectivity index (χ4v) is 2.69. The minimum absolute atomic E-state index is 0.147. The van der Waals surface area contributed by atoms with E-state index in [-0.39, 0.29) is 11.8 Å². The molecule has 0 aromatic carbocycles. The highest BCUT2D eigenvalue weighted by atomic mass is 32.2. The van der Waals surface area contributed by atoms with Gasteiger partial charge in [0.05, 0.1) is 0 Å². The standard InChI is InChI=1S/C9H21NO2S2/c1-3-6-13-8-9(10)5-4-7-14(2,11)12/h9H,3-8,10H2,1-2H3. The molecule has 0 aliphatic carbocycles. The van der Waals surface area contributed by atoms with E-state index in [1.54, 1.807) is 0 Å². The lowest BCUT2D eigenvalue weighted by molar-refractivity contribution is 0.591. The van der Waals surface area contributed by atoms with E-state index >= 15 is 0 Å². The summed E-state index contributed by atoms with van der Waals surface area (Å²) in [5.74, 6) is 2.34. The van der Waals surface area contributed by atoms with Crippen LogP contribution in [0.3, 0.4) is 0 Å². The Bertz CT molecular complexity index is 227. The lowest BCUT2D eigenvalue weighted by Gasteiger charge is -2.09. The van der Waals surface area contributed by atoms with E-state index in [9.17, 15) is 8.42 Å². The maximum absolute atomic E-state index is 10.8. The number of rotatable bonds is 8. The first-order valence-electron chi connectivity index (χ1n) is 4.96. The second kappa shape index (κ2) is 7.54. The van der Waals surface area contributed by atoms with Crippen LogP contribution in [0.4, 0.5) is 0 Å². The van der Waals surface area contributed by atoms with Crippen molar-refractivity contribution in [2.75, 3.05) is 23.5 Å². The molecule has 1 atom stereocenters. The molecule has 1 unspecified atom stereocenters. The maximum atomic E-state index is 10.8. The van der Waals surface area contributed by atoms with Crippen molar-refractivity contribution in [1.29, 1.82) is 0 Å². The van der Waals surface area contributed by atoms with Crippen LogP contribution in [0.2, 0.25) is 0 Å². The molecule has 0 fully saturated rings. The van der Waals surface area contributed by atoms with Crippen molar-refractivity contribution >= 4 is 21.6 Å². The van der Waals surface area contributed by atoms with E-state index in [1.165, 1.54) is 12.7 Å². The van der Waals surface area contributed by atoms with E-state index in [2.05, 4.69) is 6.92 Å². The van der Waals surface area contributed by atoms with Gasteiger partial charge >= 0.3 is 0 Å². The fourth-order valence-electron chi connectivity index (χ4n) is 1.07. The molecular weight excluding hydrogens is 218 g/mol. The molecule has 0 aromatic rings. The Morgan fingerprint density at radius 3 is 2.57 bits per heavy atom. The molecule has 3 nitrogen and oxygen atoms in total. The maximum Gasteiger partial charge on any atom is 0.147 e. The SMILES string of the molecule is CCCSCC(N)CCCS(C)(=O)=O. The quantitative estimate of drug-likeness (QED) is 0.648. The van der Waals surface area contributed by atoms with Gasteiger partial charge in [0.2, 0.25) is 0 Å². The third kappa shape index (κ3) is 10.3. The molecule has 0 spiro atoms. The Morgan fingerprint density at radius 1 is 1.43 bits per heavy atom. The van der Waals surface area contributed by atoms with Crippen molar-refractivity contribution < 1.29 is 8.42 Å². The van der Waals surface area contributed by atoms with Crippen LogP contribution in [-0.2, 0) is 9.84 Å². The van der Waals surface area contributed by atoms with Crippen LogP contribution in [0, 0.1) is 0 Å². The predicted octanol–water partition coefficient (Wildman–Crippen LogP) is 1.28. The van der Waals surface area contributed by atoms with Gasteiger partial charge in [0.15, 0.2) is 0 Å². The minimum atomic E-state index is -2.81. The van der Waals surface area contributed by atoms with Crippen LogP contribution in [0.15, 0.2) is 0 Å². The fraction of sp³-hybridized carbons (Fsp3) is 1.00. The van der Waals surface area contributed by atoms with Crippen molar-refractivity contribution in [3.05, 3.63) is 0 Å². The second-order valence-electron chi connectivity index (χ2n) is 3.61. The van der Waals surface area contributed by atoms with Gasteiger partial charge in [-0.1, -0.05) is 6.92 Å². The zero-order chi connectivity index (χ0) is 11.0. The molecule has 0 rings (SSSR count). The van der Waals surface area contributed by atoms with Crippen LogP contribution >= 0.6 is 11.8 Å². The number of nitrogens with two attached hydrogens (primary N) is 1. The molecule has 0 aliphatic rings. The van der Waals surface area contributed by atoms with E-state index in [0.29, 0.717) is 6.42 Å². The lowest BCUT2D eigenvalue weighted by Crippen LogP contribution is -2.23. The molecule has 0 saturated carbocycles. The summed E-state index contributed by atoms with van der Waals surface area (Å²) in [6.45, 7) is 2.14. The van der Waals surface area contributed by atoms with Crippen molar-refractivity contribution in [2.24, 2.45) is 5.73 Å². The monoisotopic (exact) mass is 239 g/mol. The number of hydrogen-bond donors (Lipinski definition) is 1. The average Bonchev–Trinajstić information content (AvgIpc) is 2.02. The van der Waals surface area contributed by atoms with Crippen LogP contribution < -0.4 is 5.73 Å². The summed E-state index contributed by atoms with van der Waals surface area (Å²) < 4.78 is 21.7. The highest BCUT2D eigenvalue weighted by Gasteiger charge is 2.06. The summed E-state index contributed by atoms with van der Waals surface area (Å²) >= 11 is 1.84. The molecular formula is C9H21NO2S2. The number of sulfone groups is 1. The molecule has 0 heterocycles. The Morgan fingerprint density at radius 2 is 2.07 bits per heavy atom. The van der Waals surface area contributed by atoms with Gasteiger partial charge in [0.25, 0.3) is 0 Å². The topological polar surface area (TPSA) is 60.2 Å². The third-order valence-corrected chi connectivity index (χ3v) is 4.16. The van der Waals surface area contributed by atoms with Gasteiger partial charge in [-0.2, -0.15) is 11.8 Å². The first-order valence-corrected chi connectivity index (χ1v) is 8.18. The number of hydrogen-bond acceptors (Lipinski definition) is 4. The first kappa shape index (κ1) is 14.3. The summed E-state index contributed by atoms with van der Waals surface area (Å²) in [4.78, 5) is 0. The molecule has 0 bridgehead atoms. The van der Waals surface area contributed by atoms with Crippen LogP contribution in [0.25, 0.3) is 0 Å². The van der Waals surface area contributed by atoms with Gasteiger partial charge < -0.3 is 5.73 Å². The van der Waals surface area contributed by atoms with Crippen LogP contribution in [0.5, 0.6) is 0 Å². The Hall–Kier alpha value is 0.260. The van der Waals surface area contributed by atoms with Crippen molar-refractivity contribution in [2.45, 2.75) is 32.2 Å². The van der Waals surface area contributed by atoms with Crippen molar-refractivity contribution in [3.8, 4) is 0 Å². The zero-order valence-corrected chi connectivity index (χ0v) is 10.7. The molecule has 14 heavy (non-hydrogen) atoms. The highest BCUT2D eigenvalue weighted by Crippen LogP contribution is 2.07. The normalized spacial score (nSPS) is 14.2. The molecule has 0 aliphatic heterocycles. The van der Waals surface area contributed by atoms with E-state index in [4.69, 9.17) is 5.73 Å². The van der Waals surface area contributed by atoms with Gasteiger partial charge in [-0.3, -0.25) is 0 Å². The molecule has 0 amide bonds. The first-order chi connectivity index (χ1) is 6.45. The van der Waals surface area contributed by atoms with Crippen LogP contribution in [0.1, 0.15) is 26.2 Å². The number of thioether (sulfide) groups is 1. The molecule has 2 N–H and O–H groups in total. The van der Waals surface area contributed by atoms with Crippen LogP contribution in [-0.4, -0.2) is 38.0 Å². The summed E-state index contributed by atoms with van der Waals surface area (Å²) in [5.41, 5.74) is 5.83. The van der Waals surface area contributed by atoms with Gasteiger partial charge in [0, 0.05) is 23.8 Å². The highest BCUT2D eigenvalue weighted by molar-refractivity contribution is 7.99. The minimum Gasteiger partial charge on any atom is -0.327 e. The smallest absolute Gasteiger partial charge is 0.147 e. The van der Waals surface area contributed by atoms with Gasteiger partial charge in [0.1, 0.15) is 9.84 Å². The predicted molar refractivity (Wildman–Crippen MR) is 64.5 cm³/mol. The van der Waals surface area contributed by atoms with E-state index < -0.39 is 9.84 Å². The Kier molecular flexibility index (Phi) is 7.68. The van der Waals surface area contributed by atoms with Crippen molar-refractivity contribution in [1.82, 2.24) is 0 Å².